The van der Waals surface area contributed by atoms with E-state index in [4.69, 9.17) is 4.74 Å². The molecular weight excluding hydrogens is 358 g/mol. The predicted molar refractivity (Wildman–Crippen MR) is 75.4 cm³/mol. The summed E-state index contributed by atoms with van der Waals surface area (Å²) in [7, 11) is 0. The van der Waals surface area contributed by atoms with Crippen molar-refractivity contribution in [2.75, 3.05) is 0 Å². The Kier molecular flexibility index (Phi) is 7.53. The first kappa shape index (κ1) is 23.3. The van der Waals surface area contributed by atoms with Gasteiger partial charge in [-0.25, -0.2) is 4.79 Å². The SMILES string of the molecule is C=C(C)C(=O)OC(CC(C)C)CC(OC(C)=O)(C(F)(F)F)C(F)(F)F. The lowest BCUT2D eigenvalue weighted by atomic mass is 9.90. The molecule has 0 amide bonds. The lowest BCUT2D eigenvalue weighted by Crippen LogP contribution is -2.61. The van der Waals surface area contributed by atoms with E-state index in [1.165, 1.54) is 20.8 Å². The van der Waals surface area contributed by atoms with Crippen molar-refractivity contribution in [1.29, 1.82) is 0 Å². The Labute approximate surface area is 141 Å². The topological polar surface area (TPSA) is 52.6 Å². The van der Waals surface area contributed by atoms with Gasteiger partial charge in [-0.3, -0.25) is 4.79 Å². The molecule has 1 unspecified atom stereocenters. The fourth-order valence-corrected chi connectivity index (χ4v) is 2.07. The van der Waals surface area contributed by atoms with Gasteiger partial charge in [-0.05, 0) is 19.3 Å². The summed E-state index contributed by atoms with van der Waals surface area (Å²) in [5.74, 6) is -3.28. The van der Waals surface area contributed by atoms with Gasteiger partial charge >= 0.3 is 29.9 Å². The van der Waals surface area contributed by atoms with Crippen LogP contribution in [0.1, 0.15) is 40.5 Å². The number of carbonyl (C=O) groups excluding carboxylic acids is 2. The number of hydrogen-bond donors (Lipinski definition) is 0. The molecule has 0 aliphatic rings. The Hall–Kier alpha value is -1.74. The average molecular weight is 378 g/mol. The molecular formula is C15H20F6O4. The van der Waals surface area contributed by atoms with Crippen LogP contribution < -0.4 is 0 Å². The van der Waals surface area contributed by atoms with Gasteiger partial charge in [0.2, 0.25) is 0 Å². The molecule has 0 fully saturated rings. The highest BCUT2D eigenvalue weighted by Crippen LogP contribution is 2.49. The molecule has 0 radical (unpaired) electrons. The highest BCUT2D eigenvalue weighted by molar-refractivity contribution is 5.87. The van der Waals surface area contributed by atoms with Gasteiger partial charge in [0, 0.05) is 18.9 Å². The van der Waals surface area contributed by atoms with Gasteiger partial charge in [0.1, 0.15) is 6.10 Å². The third kappa shape index (κ3) is 6.24. The number of esters is 2. The Bertz CT molecular complexity index is 493. The molecule has 4 nitrogen and oxygen atoms in total. The molecule has 1 atom stereocenters. The van der Waals surface area contributed by atoms with Gasteiger partial charge in [-0.1, -0.05) is 20.4 Å². The molecule has 0 aromatic carbocycles. The fourth-order valence-electron chi connectivity index (χ4n) is 2.07. The minimum atomic E-state index is -5.96. The molecule has 0 saturated heterocycles. The summed E-state index contributed by atoms with van der Waals surface area (Å²) >= 11 is 0. The second-order valence-electron chi connectivity index (χ2n) is 6.06. The predicted octanol–water partition coefficient (Wildman–Crippen LogP) is 4.34. The van der Waals surface area contributed by atoms with Crippen molar-refractivity contribution >= 4 is 11.9 Å². The van der Waals surface area contributed by atoms with Gasteiger partial charge in [0.15, 0.2) is 0 Å². The first-order valence-corrected chi connectivity index (χ1v) is 7.23. The second kappa shape index (κ2) is 8.09. The molecule has 0 aliphatic heterocycles. The van der Waals surface area contributed by atoms with Crippen molar-refractivity contribution in [1.82, 2.24) is 0 Å². The first-order chi connectivity index (χ1) is 11.0. The van der Waals surface area contributed by atoms with Crippen LogP contribution in [0.4, 0.5) is 26.3 Å². The van der Waals surface area contributed by atoms with Crippen LogP contribution in [-0.4, -0.2) is 36.0 Å². The highest BCUT2D eigenvalue weighted by Gasteiger charge is 2.74. The van der Waals surface area contributed by atoms with E-state index in [0.717, 1.165) is 0 Å². The molecule has 25 heavy (non-hydrogen) atoms. The smallest absolute Gasteiger partial charge is 0.437 e. The molecule has 146 valence electrons. The zero-order valence-corrected chi connectivity index (χ0v) is 14.2. The van der Waals surface area contributed by atoms with Crippen molar-refractivity contribution in [2.24, 2.45) is 5.92 Å². The quantitative estimate of drug-likeness (QED) is 0.376. The van der Waals surface area contributed by atoms with Crippen LogP contribution in [0.25, 0.3) is 0 Å². The summed E-state index contributed by atoms with van der Waals surface area (Å²) in [5, 5.41) is 0. The Morgan fingerprint density at radius 1 is 1.00 bits per heavy atom. The summed E-state index contributed by atoms with van der Waals surface area (Å²) in [6.07, 6.45) is -15.8. The summed E-state index contributed by atoms with van der Waals surface area (Å²) in [5.41, 5.74) is -4.97. The number of rotatable bonds is 7. The minimum absolute atomic E-state index is 0.189. The lowest BCUT2D eigenvalue weighted by Gasteiger charge is -2.38. The van der Waals surface area contributed by atoms with E-state index >= 15 is 0 Å². The van der Waals surface area contributed by atoms with Crippen molar-refractivity contribution in [2.45, 2.75) is 64.6 Å². The van der Waals surface area contributed by atoms with E-state index in [-0.39, 0.29) is 17.9 Å². The van der Waals surface area contributed by atoms with Crippen LogP contribution in [0.15, 0.2) is 12.2 Å². The maximum Gasteiger partial charge on any atom is 0.437 e. The Morgan fingerprint density at radius 2 is 1.44 bits per heavy atom. The van der Waals surface area contributed by atoms with Crippen LogP contribution in [0.5, 0.6) is 0 Å². The lowest BCUT2D eigenvalue weighted by molar-refractivity contribution is -0.375. The number of ether oxygens (including phenoxy) is 2. The molecule has 0 spiro atoms. The maximum atomic E-state index is 13.3. The molecule has 0 aliphatic carbocycles. The van der Waals surface area contributed by atoms with Gasteiger partial charge in [0.05, 0.1) is 0 Å². The molecule has 0 aromatic heterocycles. The van der Waals surface area contributed by atoms with Crippen molar-refractivity contribution in [3.63, 3.8) is 0 Å². The van der Waals surface area contributed by atoms with E-state index in [1.807, 2.05) is 0 Å². The highest BCUT2D eigenvalue weighted by atomic mass is 19.4. The van der Waals surface area contributed by atoms with E-state index in [2.05, 4.69) is 11.3 Å². The van der Waals surface area contributed by atoms with Crippen LogP contribution in [0, 0.1) is 5.92 Å². The first-order valence-electron chi connectivity index (χ1n) is 7.23. The monoisotopic (exact) mass is 378 g/mol. The Morgan fingerprint density at radius 3 is 1.72 bits per heavy atom. The average Bonchev–Trinajstić information content (AvgIpc) is 2.33. The molecule has 0 heterocycles. The van der Waals surface area contributed by atoms with E-state index in [1.54, 1.807) is 0 Å². The molecule has 0 saturated carbocycles. The largest absolute Gasteiger partial charge is 0.459 e. The van der Waals surface area contributed by atoms with Gasteiger partial charge in [-0.15, -0.1) is 0 Å². The van der Waals surface area contributed by atoms with Crippen molar-refractivity contribution in [3.05, 3.63) is 12.2 Å². The van der Waals surface area contributed by atoms with Crippen LogP contribution >= 0.6 is 0 Å². The van der Waals surface area contributed by atoms with Crippen molar-refractivity contribution in [3.8, 4) is 0 Å². The van der Waals surface area contributed by atoms with Gasteiger partial charge < -0.3 is 9.47 Å². The Balaban J connectivity index is 6.00. The summed E-state index contributed by atoms with van der Waals surface area (Å²) in [6, 6.07) is 0. The molecule has 0 N–H and O–H groups in total. The zero-order valence-electron chi connectivity index (χ0n) is 14.2. The third-order valence-electron chi connectivity index (χ3n) is 3.11. The summed E-state index contributed by atoms with van der Waals surface area (Å²) in [4.78, 5) is 22.5. The fraction of sp³-hybridized carbons (Fsp3) is 0.733. The number of halogens is 6. The normalized spacial score (nSPS) is 14.2. The van der Waals surface area contributed by atoms with Crippen molar-refractivity contribution < 1.29 is 45.4 Å². The van der Waals surface area contributed by atoms with E-state index < -0.39 is 42.4 Å². The minimum Gasteiger partial charge on any atom is -0.459 e. The zero-order chi connectivity index (χ0) is 20.2. The van der Waals surface area contributed by atoms with Crippen LogP contribution in [0.3, 0.4) is 0 Å². The summed E-state index contributed by atoms with van der Waals surface area (Å²) < 4.78 is 88.1. The summed E-state index contributed by atoms with van der Waals surface area (Å²) in [6.45, 7) is 7.90. The van der Waals surface area contributed by atoms with Crippen LogP contribution in [0.2, 0.25) is 0 Å². The standard InChI is InChI=1S/C15H20F6O4/c1-8(2)6-11(24-12(23)9(3)4)7-13(14(16,17)18,15(19,20)21)25-10(5)22/h8,11H,3,6-7H2,1-2,4-5H3. The molecule has 0 rings (SSSR count). The molecule has 10 heteroatoms. The number of alkyl halides is 6. The van der Waals surface area contributed by atoms with E-state index in [0.29, 0.717) is 6.92 Å². The van der Waals surface area contributed by atoms with E-state index in [9.17, 15) is 35.9 Å². The third-order valence-corrected chi connectivity index (χ3v) is 3.11. The second-order valence-corrected chi connectivity index (χ2v) is 6.06. The molecule has 0 aromatic rings. The molecule has 0 bridgehead atoms. The van der Waals surface area contributed by atoms with Gasteiger partial charge in [0.25, 0.3) is 0 Å². The van der Waals surface area contributed by atoms with Gasteiger partial charge in [-0.2, -0.15) is 26.3 Å². The number of hydrogen-bond acceptors (Lipinski definition) is 4. The van der Waals surface area contributed by atoms with Crippen LogP contribution in [-0.2, 0) is 19.1 Å². The number of carbonyl (C=O) groups is 2. The maximum absolute atomic E-state index is 13.3.